The number of rotatable bonds is 4. The monoisotopic (exact) mass is 374 g/mol. The Bertz CT molecular complexity index is 582. The van der Waals surface area contributed by atoms with E-state index in [9.17, 15) is 4.39 Å². The molecule has 19 heavy (non-hydrogen) atoms. The highest BCUT2D eigenvalue weighted by molar-refractivity contribution is 14.1. The summed E-state index contributed by atoms with van der Waals surface area (Å²) in [5.74, 6) is 5.40. The highest BCUT2D eigenvalue weighted by atomic mass is 127. The van der Waals surface area contributed by atoms with E-state index in [-0.39, 0.29) is 11.9 Å². The summed E-state index contributed by atoms with van der Waals surface area (Å²) in [5, 5.41) is 4.31. The van der Waals surface area contributed by atoms with Crippen LogP contribution in [0.2, 0.25) is 0 Å². The van der Waals surface area contributed by atoms with Crippen LogP contribution < -0.4 is 11.3 Å². The Hall–Kier alpha value is -0.990. The predicted octanol–water partition coefficient (Wildman–Crippen LogP) is 2.22. The molecule has 0 fully saturated rings. The number of halogens is 2. The third-order valence-electron chi connectivity index (χ3n) is 3.05. The molecule has 1 aromatic heterocycles. The number of benzene rings is 1. The molecule has 4 nitrogen and oxygen atoms in total. The molecule has 1 heterocycles. The van der Waals surface area contributed by atoms with Crippen molar-refractivity contribution in [2.45, 2.75) is 19.4 Å². The van der Waals surface area contributed by atoms with Crippen LogP contribution in [-0.2, 0) is 13.5 Å². The zero-order chi connectivity index (χ0) is 14.0. The lowest BCUT2D eigenvalue weighted by molar-refractivity contribution is 0.526. The van der Waals surface area contributed by atoms with E-state index in [2.05, 4.69) is 33.1 Å². The fourth-order valence-electron chi connectivity index (χ4n) is 2.11. The van der Waals surface area contributed by atoms with Crippen molar-refractivity contribution in [3.05, 3.63) is 50.6 Å². The molecule has 2 aromatic rings. The lowest BCUT2D eigenvalue weighted by Crippen LogP contribution is -2.30. The second-order valence-corrected chi connectivity index (χ2v) is 5.65. The zero-order valence-electron chi connectivity index (χ0n) is 10.8. The molecule has 2 rings (SSSR count). The Kier molecular flexibility index (Phi) is 4.54. The van der Waals surface area contributed by atoms with Gasteiger partial charge in [0.2, 0.25) is 0 Å². The van der Waals surface area contributed by atoms with E-state index in [0.29, 0.717) is 6.42 Å². The quantitative estimate of drug-likeness (QED) is 0.490. The topological polar surface area (TPSA) is 55.9 Å². The van der Waals surface area contributed by atoms with Crippen LogP contribution in [0, 0.1) is 16.3 Å². The van der Waals surface area contributed by atoms with Crippen molar-refractivity contribution in [2.24, 2.45) is 12.9 Å². The van der Waals surface area contributed by atoms with Gasteiger partial charge in [0, 0.05) is 22.7 Å². The number of hydrazine groups is 1. The van der Waals surface area contributed by atoms with Gasteiger partial charge in [-0.3, -0.25) is 16.0 Å². The molecule has 3 N–H and O–H groups in total. The summed E-state index contributed by atoms with van der Waals surface area (Å²) < 4.78 is 15.8. The average molecular weight is 374 g/mol. The number of nitrogens with zero attached hydrogens (tertiary/aromatic N) is 2. The predicted molar refractivity (Wildman–Crippen MR) is 80.8 cm³/mol. The second kappa shape index (κ2) is 5.98. The molecule has 6 heteroatoms. The van der Waals surface area contributed by atoms with Crippen molar-refractivity contribution in [2.75, 3.05) is 0 Å². The van der Waals surface area contributed by atoms with Crippen molar-refractivity contribution in [1.82, 2.24) is 15.2 Å². The standard InChI is InChI=1S/C13H16FIN4/c1-8-5-10(19(2)18-8)7-13(17-16)11-4-3-9(14)6-12(11)15/h3-6,13,17H,7,16H2,1-2H3. The molecule has 0 saturated heterocycles. The molecule has 0 spiro atoms. The highest BCUT2D eigenvalue weighted by Gasteiger charge is 2.16. The molecule has 1 atom stereocenters. The van der Waals surface area contributed by atoms with Crippen LogP contribution in [0.25, 0.3) is 0 Å². The van der Waals surface area contributed by atoms with Gasteiger partial charge in [-0.1, -0.05) is 6.07 Å². The lowest BCUT2D eigenvalue weighted by atomic mass is 10.0. The molecule has 0 aliphatic rings. The van der Waals surface area contributed by atoms with E-state index in [1.165, 1.54) is 12.1 Å². The third kappa shape index (κ3) is 3.31. The number of aryl methyl sites for hydroxylation is 2. The van der Waals surface area contributed by atoms with Gasteiger partial charge in [-0.25, -0.2) is 4.39 Å². The fraction of sp³-hybridized carbons (Fsp3) is 0.308. The SMILES string of the molecule is Cc1cc(CC(NN)c2ccc(F)cc2I)n(C)n1. The molecule has 0 aliphatic carbocycles. The molecule has 102 valence electrons. The smallest absolute Gasteiger partial charge is 0.124 e. The number of nitrogens with two attached hydrogens (primary N) is 1. The average Bonchev–Trinajstić information content (AvgIpc) is 2.65. The van der Waals surface area contributed by atoms with Crippen LogP contribution in [0.5, 0.6) is 0 Å². The number of hydrogen-bond donors (Lipinski definition) is 2. The maximum atomic E-state index is 13.1. The molecule has 0 bridgehead atoms. The van der Waals surface area contributed by atoms with Gasteiger partial charge in [-0.2, -0.15) is 5.10 Å². The van der Waals surface area contributed by atoms with Crippen molar-refractivity contribution < 1.29 is 4.39 Å². The molecular weight excluding hydrogens is 358 g/mol. The van der Waals surface area contributed by atoms with E-state index < -0.39 is 0 Å². The Morgan fingerprint density at radius 3 is 2.74 bits per heavy atom. The van der Waals surface area contributed by atoms with Gasteiger partial charge in [0.25, 0.3) is 0 Å². The van der Waals surface area contributed by atoms with Crippen LogP contribution >= 0.6 is 22.6 Å². The van der Waals surface area contributed by atoms with Gasteiger partial charge in [-0.15, -0.1) is 0 Å². The molecule has 0 saturated carbocycles. The van der Waals surface area contributed by atoms with Crippen LogP contribution in [-0.4, -0.2) is 9.78 Å². The first kappa shape index (κ1) is 14.4. The van der Waals surface area contributed by atoms with Gasteiger partial charge >= 0.3 is 0 Å². The van der Waals surface area contributed by atoms with E-state index >= 15 is 0 Å². The number of hydrogen-bond acceptors (Lipinski definition) is 3. The fourth-order valence-corrected chi connectivity index (χ4v) is 2.96. The minimum absolute atomic E-state index is 0.0673. The van der Waals surface area contributed by atoms with Gasteiger partial charge in [-0.05, 0) is 53.3 Å². The van der Waals surface area contributed by atoms with Crippen molar-refractivity contribution >= 4 is 22.6 Å². The van der Waals surface area contributed by atoms with Crippen molar-refractivity contribution in [1.29, 1.82) is 0 Å². The maximum absolute atomic E-state index is 13.1. The van der Waals surface area contributed by atoms with Gasteiger partial charge in [0.15, 0.2) is 0 Å². The van der Waals surface area contributed by atoms with E-state index in [4.69, 9.17) is 5.84 Å². The van der Waals surface area contributed by atoms with Crippen LogP contribution in [0.3, 0.4) is 0 Å². The van der Waals surface area contributed by atoms with Crippen molar-refractivity contribution in [3.8, 4) is 0 Å². The summed E-state index contributed by atoms with van der Waals surface area (Å²) in [6.45, 7) is 1.95. The largest absolute Gasteiger partial charge is 0.272 e. The Morgan fingerprint density at radius 1 is 1.47 bits per heavy atom. The molecule has 1 aromatic carbocycles. The molecule has 0 amide bonds. The molecule has 1 unspecified atom stereocenters. The first-order valence-corrected chi connectivity index (χ1v) is 6.99. The zero-order valence-corrected chi connectivity index (χ0v) is 13.0. The molecule has 0 aliphatic heterocycles. The van der Waals surface area contributed by atoms with Gasteiger partial charge in [0.1, 0.15) is 5.82 Å². The lowest BCUT2D eigenvalue weighted by Gasteiger charge is -2.18. The highest BCUT2D eigenvalue weighted by Crippen LogP contribution is 2.24. The maximum Gasteiger partial charge on any atom is 0.124 e. The Morgan fingerprint density at radius 2 is 2.21 bits per heavy atom. The van der Waals surface area contributed by atoms with Crippen molar-refractivity contribution in [3.63, 3.8) is 0 Å². The summed E-state index contributed by atoms with van der Waals surface area (Å²) in [7, 11) is 1.91. The first-order chi connectivity index (χ1) is 9.01. The van der Waals surface area contributed by atoms with E-state index in [1.807, 2.05) is 24.7 Å². The Labute approximate surface area is 125 Å². The minimum Gasteiger partial charge on any atom is -0.272 e. The normalized spacial score (nSPS) is 12.7. The summed E-state index contributed by atoms with van der Waals surface area (Å²) in [4.78, 5) is 0. The van der Waals surface area contributed by atoms with E-state index in [0.717, 1.165) is 20.5 Å². The minimum atomic E-state index is -0.236. The summed E-state index contributed by atoms with van der Waals surface area (Å²) in [5.41, 5.74) is 5.84. The number of nitrogens with one attached hydrogen (secondary N) is 1. The summed E-state index contributed by atoms with van der Waals surface area (Å²) in [6.07, 6.45) is 0.704. The molecular formula is C13H16FIN4. The third-order valence-corrected chi connectivity index (χ3v) is 3.99. The summed E-state index contributed by atoms with van der Waals surface area (Å²) in [6, 6.07) is 6.69. The van der Waals surface area contributed by atoms with Crippen LogP contribution in [0.15, 0.2) is 24.3 Å². The second-order valence-electron chi connectivity index (χ2n) is 4.49. The van der Waals surface area contributed by atoms with Crippen LogP contribution in [0.1, 0.15) is 23.0 Å². The number of aromatic nitrogens is 2. The van der Waals surface area contributed by atoms with E-state index in [1.54, 1.807) is 6.07 Å². The van der Waals surface area contributed by atoms with Crippen LogP contribution in [0.4, 0.5) is 4.39 Å². The van der Waals surface area contributed by atoms with Gasteiger partial charge in [0.05, 0.1) is 11.7 Å². The Balaban J connectivity index is 2.27. The summed E-state index contributed by atoms with van der Waals surface area (Å²) >= 11 is 2.12. The first-order valence-electron chi connectivity index (χ1n) is 5.92. The molecule has 0 radical (unpaired) electrons. The van der Waals surface area contributed by atoms with Gasteiger partial charge < -0.3 is 0 Å².